The van der Waals surface area contributed by atoms with Gasteiger partial charge in [-0.25, -0.2) is 4.52 Å². The summed E-state index contributed by atoms with van der Waals surface area (Å²) in [4.78, 5) is 4.27. The van der Waals surface area contributed by atoms with Crippen LogP contribution in [-0.4, -0.2) is 32.4 Å². The number of hydrogen-bond donors (Lipinski definition) is 2. The molecule has 1 unspecified atom stereocenters. The maximum atomic E-state index is 8.89. The Bertz CT molecular complexity index is 465. The summed E-state index contributed by atoms with van der Waals surface area (Å²) in [6, 6.07) is 3.86. The number of aromatic nitrogens is 3. The molecule has 0 aliphatic rings. The SMILES string of the molecule is Cc1ccc2nc(NC(C)CO)nn2c1. The highest BCUT2D eigenvalue weighted by Crippen LogP contribution is 2.07. The van der Waals surface area contributed by atoms with E-state index < -0.39 is 0 Å². The van der Waals surface area contributed by atoms with Crippen LogP contribution in [0.4, 0.5) is 5.95 Å². The summed E-state index contributed by atoms with van der Waals surface area (Å²) in [7, 11) is 0. The van der Waals surface area contributed by atoms with Crippen LogP contribution < -0.4 is 5.32 Å². The number of fused-ring (bicyclic) bond motifs is 1. The van der Waals surface area contributed by atoms with E-state index in [1.807, 2.05) is 32.2 Å². The second-order valence-corrected chi connectivity index (χ2v) is 3.67. The van der Waals surface area contributed by atoms with Gasteiger partial charge in [0.05, 0.1) is 6.61 Å². The molecule has 80 valence electrons. The molecular formula is C10H14N4O. The molecule has 0 radical (unpaired) electrons. The summed E-state index contributed by atoms with van der Waals surface area (Å²) in [5.74, 6) is 0.544. The van der Waals surface area contributed by atoms with E-state index in [1.54, 1.807) is 4.52 Å². The van der Waals surface area contributed by atoms with Gasteiger partial charge in [-0.05, 0) is 25.5 Å². The van der Waals surface area contributed by atoms with Crippen LogP contribution in [0, 0.1) is 6.92 Å². The van der Waals surface area contributed by atoms with Gasteiger partial charge in [-0.15, -0.1) is 5.10 Å². The lowest BCUT2D eigenvalue weighted by Crippen LogP contribution is -2.20. The molecule has 2 aromatic heterocycles. The van der Waals surface area contributed by atoms with Crippen LogP contribution in [-0.2, 0) is 0 Å². The number of nitrogens with one attached hydrogen (secondary N) is 1. The van der Waals surface area contributed by atoms with Gasteiger partial charge in [-0.2, -0.15) is 4.98 Å². The summed E-state index contributed by atoms with van der Waals surface area (Å²) >= 11 is 0. The lowest BCUT2D eigenvalue weighted by molar-refractivity contribution is 0.281. The number of rotatable bonds is 3. The summed E-state index contributed by atoms with van der Waals surface area (Å²) in [5.41, 5.74) is 1.93. The maximum absolute atomic E-state index is 8.89. The average Bonchev–Trinajstić information content (AvgIpc) is 2.59. The second kappa shape index (κ2) is 3.86. The number of aliphatic hydroxyl groups excluding tert-OH is 1. The molecule has 5 nitrogen and oxygen atoms in total. The molecule has 2 rings (SSSR count). The number of pyridine rings is 1. The molecule has 0 bridgehead atoms. The van der Waals surface area contributed by atoms with Gasteiger partial charge in [-0.1, -0.05) is 6.07 Å². The molecule has 0 saturated heterocycles. The Kier molecular flexibility index (Phi) is 2.55. The van der Waals surface area contributed by atoms with E-state index in [1.165, 1.54) is 0 Å². The van der Waals surface area contributed by atoms with Gasteiger partial charge in [0.1, 0.15) is 0 Å². The molecule has 2 heterocycles. The Morgan fingerprint density at radius 1 is 1.53 bits per heavy atom. The Morgan fingerprint density at radius 2 is 2.33 bits per heavy atom. The Hall–Kier alpha value is -1.62. The molecule has 2 N–H and O–H groups in total. The minimum absolute atomic E-state index is 0.0384. The number of aryl methyl sites for hydroxylation is 1. The zero-order valence-corrected chi connectivity index (χ0v) is 8.81. The topological polar surface area (TPSA) is 62.5 Å². The number of hydrogen-bond acceptors (Lipinski definition) is 4. The average molecular weight is 206 g/mol. The largest absolute Gasteiger partial charge is 0.394 e. The number of nitrogens with zero attached hydrogens (tertiary/aromatic N) is 3. The van der Waals surface area contributed by atoms with E-state index in [9.17, 15) is 0 Å². The van der Waals surface area contributed by atoms with E-state index in [4.69, 9.17) is 5.11 Å². The van der Waals surface area contributed by atoms with E-state index in [-0.39, 0.29) is 12.6 Å². The van der Waals surface area contributed by atoms with E-state index >= 15 is 0 Å². The first-order chi connectivity index (χ1) is 7.19. The normalized spacial score (nSPS) is 13.0. The molecule has 5 heteroatoms. The highest BCUT2D eigenvalue weighted by molar-refractivity contribution is 5.44. The third kappa shape index (κ3) is 2.07. The number of aliphatic hydroxyl groups is 1. The van der Waals surface area contributed by atoms with Crippen molar-refractivity contribution < 1.29 is 5.11 Å². The van der Waals surface area contributed by atoms with E-state index in [0.29, 0.717) is 5.95 Å². The van der Waals surface area contributed by atoms with Crippen molar-refractivity contribution in [3.63, 3.8) is 0 Å². The first kappa shape index (κ1) is 9.92. The fraction of sp³-hybridized carbons (Fsp3) is 0.400. The van der Waals surface area contributed by atoms with Crippen molar-refractivity contribution in [1.29, 1.82) is 0 Å². The molecule has 15 heavy (non-hydrogen) atoms. The van der Waals surface area contributed by atoms with Crippen molar-refractivity contribution >= 4 is 11.6 Å². The van der Waals surface area contributed by atoms with Gasteiger partial charge in [0, 0.05) is 12.2 Å². The molecule has 0 aliphatic heterocycles. The molecule has 0 aliphatic carbocycles. The van der Waals surface area contributed by atoms with Crippen molar-refractivity contribution in [2.24, 2.45) is 0 Å². The van der Waals surface area contributed by atoms with Crippen molar-refractivity contribution in [3.8, 4) is 0 Å². The maximum Gasteiger partial charge on any atom is 0.243 e. The highest BCUT2D eigenvalue weighted by Gasteiger charge is 2.05. The van der Waals surface area contributed by atoms with Gasteiger partial charge in [0.2, 0.25) is 5.95 Å². The molecule has 0 fully saturated rings. The van der Waals surface area contributed by atoms with Crippen LogP contribution >= 0.6 is 0 Å². The minimum Gasteiger partial charge on any atom is -0.394 e. The summed E-state index contributed by atoms with van der Waals surface area (Å²) in [6.07, 6.45) is 1.91. The lowest BCUT2D eigenvalue weighted by atomic mass is 10.3. The monoisotopic (exact) mass is 206 g/mol. The van der Waals surface area contributed by atoms with Crippen molar-refractivity contribution in [3.05, 3.63) is 23.9 Å². The van der Waals surface area contributed by atoms with Crippen LogP contribution in [0.5, 0.6) is 0 Å². The Balaban J connectivity index is 2.30. The predicted molar refractivity (Wildman–Crippen MR) is 57.9 cm³/mol. The fourth-order valence-corrected chi connectivity index (χ4v) is 1.31. The van der Waals surface area contributed by atoms with E-state index in [2.05, 4.69) is 15.4 Å². The molecule has 2 aromatic rings. The van der Waals surface area contributed by atoms with Crippen LogP contribution in [0.1, 0.15) is 12.5 Å². The predicted octanol–water partition coefficient (Wildman–Crippen LogP) is 0.830. The third-order valence-electron chi connectivity index (χ3n) is 2.13. The molecule has 1 atom stereocenters. The molecule has 0 amide bonds. The fourth-order valence-electron chi connectivity index (χ4n) is 1.31. The van der Waals surface area contributed by atoms with Crippen molar-refractivity contribution in [1.82, 2.24) is 14.6 Å². The van der Waals surface area contributed by atoms with Crippen LogP contribution in [0.2, 0.25) is 0 Å². The van der Waals surface area contributed by atoms with Gasteiger partial charge < -0.3 is 10.4 Å². The smallest absolute Gasteiger partial charge is 0.243 e. The van der Waals surface area contributed by atoms with Gasteiger partial charge >= 0.3 is 0 Å². The quantitative estimate of drug-likeness (QED) is 0.780. The zero-order valence-electron chi connectivity index (χ0n) is 8.81. The summed E-state index contributed by atoms with van der Waals surface area (Å²) < 4.78 is 1.72. The molecule has 0 saturated carbocycles. The van der Waals surface area contributed by atoms with E-state index in [0.717, 1.165) is 11.2 Å². The first-order valence-corrected chi connectivity index (χ1v) is 4.89. The van der Waals surface area contributed by atoms with Crippen LogP contribution in [0.25, 0.3) is 5.65 Å². The summed E-state index contributed by atoms with van der Waals surface area (Å²) in [5, 5.41) is 16.1. The Morgan fingerprint density at radius 3 is 3.07 bits per heavy atom. The van der Waals surface area contributed by atoms with Crippen molar-refractivity contribution in [2.75, 3.05) is 11.9 Å². The van der Waals surface area contributed by atoms with Gasteiger partial charge in [-0.3, -0.25) is 0 Å². The minimum atomic E-state index is -0.0384. The number of anilines is 1. The molecule has 0 aromatic carbocycles. The van der Waals surface area contributed by atoms with Crippen molar-refractivity contribution in [2.45, 2.75) is 19.9 Å². The van der Waals surface area contributed by atoms with Crippen LogP contribution in [0.3, 0.4) is 0 Å². The first-order valence-electron chi connectivity index (χ1n) is 4.89. The second-order valence-electron chi connectivity index (χ2n) is 3.67. The summed E-state index contributed by atoms with van der Waals surface area (Å²) in [6.45, 7) is 3.94. The Labute approximate surface area is 87.8 Å². The van der Waals surface area contributed by atoms with Gasteiger partial charge in [0.25, 0.3) is 0 Å². The highest BCUT2D eigenvalue weighted by atomic mass is 16.3. The lowest BCUT2D eigenvalue weighted by Gasteiger charge is -2.06. The standard InChI is InChI=1S/C10H14N4O/c1-7-3-4-9-12-10(11-8(2)6-15)13-14(9)5-7/h3-5,8,15H,6H2,1-2H3,(H,11,13). The molecular weight excluding hydrogens is 192 g/mol. The third-order valence-corrected chi connectivity index (χ3v) is 2.13. The van der Waals surface area contributed by atoms with Crippen LogP contribution in [0.15, 0.2) is 18.3 Å². The zero-order chi connectivity index (χ0) is 10.8. The molecule has 0 spiro atoms. The van der Waals surface area contributed by atoms with Gasteiger partial charge in [0.15, 0.2) is 5.65 Å².